The second kappa shape index (κ2) is 4.46. The number of halogens is 1. The minimum Gasteiger partial charge on any atom is -0.478 e. The Morgan fingerprint density at radius 1 is 1.46 bits per heavy atom. The second-order valence-corrected chi connectivity index (χ2v) is 7.52. The monoisotopic (exact) mass is 328 g/mol. The van der Waals surface area contributed by atoms with Crippen LogP contribution >= 0.6 is 0 Å². The lowest BCUT2D eigenvalue weighted by Gasteiger charge is -2.62. The molecular formula is C19H20FNO3. The summed E-state index contributed by atoms with van der Waals surface area (Å²) in [5.74, 6) is -0.250. The Bertz CT molecular complexity index is 778. The molecule has 4 atom stereocenters. The smallest absolute Gasteiger partial charge is 0.174 e. The Labute approximate surface area is 139 Å². The summed E-state index contributed by atoms with van der Waals surface area (Å²) >= 11 is 0. The van der Waals surface area contributed by atoms with E-state index in [1.54, 1.807) is 6.07 Å². The summed E-state index contributed by atoms with van der Waals surface area (Å²) in [7, 11) is 0. The largest absolute Gasteiger partial charge is 0.478 e. The number of piperidine rings is 1. The van der Waals surface area contributed by atoms with Crippen molar-refractivity contribution in [3.8, 4) is 5.75 Å². The van der Waals surface area contributed by atoms with Crippen LogP contribution in [-0.2, 0) is 16.6 Å². The van der Waals surface area contributed by atoms with E-state index in [1.165, 1.54) is 6.07 Å². The van der Waals surface area contributed by atoms with Crippen LogP contribution in [0.4, 0.5) is 4.39 Å². The van der Waals surface area contributed by atoms with E-state index < -0.39 is 22.9 Å². The number of carbonyl (C=O) groups excluding carboxylic acids is 1. The topological polar surface area (TPSA) is 49.8 Å². The van der Waals surface area contributed by atoms with Crippen LogP contribution in [0.1, 0.15) is 30.4 Å². The van der Waals surface area contributed by atoms with Crippen molar-refractivity contribution in [2.45, 2.75) is 48.8 Å². The lowest BCUT2D eigenvalue weighted by molar-refractivity contribution is -0.187. The molecule has 1 aromatic carbocycles. The zero-order chi connectivity index (χ0) is 16.7. The summed E-state index contributed by atoms with van der Waals surface area (Å²) in [4.78, 5) is 14.8. The van der Waals surface area contributed by atoms with E-state index in [9.17, 15) is 14.3 Å². The molecule has 2 aliphatic carbocycles. The fourth-order valence-electron chi connectivity index (χ4n) is 5.78. The molecule has 4 aliphatic rings. The third kappa shape index (κ3) is 1.40. The maximum Gasteiger partial charge on any atom is 0.174 e. The first-order valence-electron chi connectivity index (χ1n) is 8.61. The third-order valence-corrected chi connectivity index (χ3v) is 6.71. The van der Waals surface area contributed by atoms with Gasteiger partial charge in [0.05, 0.1) is 11.0 Å². The zero-order valence-electron chi connectivity index (χ0n) is 13.4. The Kier molecular flexibility index (Phi) is 2.72. The third-order valence-electron chi connectivity index (χ3n) is 6.71. The number of carbonyl (C=O) groups is 1. The minimum atomic E-state index is -1.06. The van der Waals surface area contributed by atoms with Crippen LogP contribution in [0.3, 0.4) is 0 Å². The van der Waals surface area contributed by atoms with Gasteiger partial charge in [0.1, 0.15) is 0 Å². The van der Waals surface area contributed by atoms with Crippen molar-refractivity contribution in [2.75, 3.05) is 13.1 Å². The van der Waals surface area contributed by atoms with Gasteiger partial charge in [-0.3, -0.25) is 9.69 Å². The van der Waals surface area contributed by atoms with Crippen LogP contribution in [0.25, 0.3) is 0 Å². The molecule has 2 fully saturated rings. The number of ether oxygens (including phenoxy) is 1. The van der Waals surface area contributed by atoms with E-state index in [0.717, 1.165) is 17.7 Å². The molecule has 1 saturated heterocycles. The van der Waals surface area contributed by atoms with Crippen molar-refractivity contribution < 1.29 is 19.0 Å². The van der Waals surface area contributed by atoms with Crippen molar-refractivity contribution in [1.29, 1.82) is 0 Å². The fraction of sp³-hybridized carbons (Fsp3) is 0.526. The highest BCUT2D eigenvalue weighted by atomic mass is 18.2. The van der Waals surface area contributed by atoms with E-state index in [2.05, 4.69) is 11.5 Å². The van der Waals surface area contributed by atoms with E-state index in [1.807, 2.05) is 6.08 Å². The maximum absolute atomic E-state index is 14.4. The van der Waals surface area contributed by atoms with Gasteiger partial charge in [-0.15, -0.1) is 6.58 Å². The van der Waals surface area contributed by atoms with Gasteiger partial charge in [0.15, 0.2) is 23.5 Å². The Morgan fingerprint density at radius 3 is 3.08 bits per heavy atom. The number of hydrogen-bond acceptors (Lipinski definition) is 4. The summed E-state index contributed by atoms with van der Waals surface area (Å²) < 4.78 is 20.2. The van der Waals surface area contributed by atoms with Gasteiger partial charge in [0.25, 0.3) is 0 Å². The molecule has 5 rings (SSSR count). The Balaban J connectivity index is 1.80. The zero-order valence-corrected chi connectivity index (χ0v) is 13.4. The van der Waals surface area contributed by atoms with Gasteiger partial charge in [0, 0.05) is 31.1 Å². The second-order valence-electron chi connectivity index (χ2n) is 7.52. The van der Waals surface area contributed by atoms with E-state index in [0.29, 0.717) is 25.8 Å². The summed E-state index contributed by atoms with van der Waals surface area (Å²) in [6.45, 7) is 5.28. The van der Waals surface area contributed by atoms with Crippen LogP contribution in [0.2, 0.25) is 0 Å². The molecule has 2 bridgehead atoms. The molecule has 24 heavy (non-hydrogen) atoms. The number of ketones is 1. The summed E-state index contributed by atoms with van der Waals surface area (Å²) in [5.41, 5.74) is -0.0845. The minimum absolute atomic E-state index is 0.0148. The average molecular weight is 328 g/mol. The van der Waals surface area contributed by atoms with Crippen molar-refractivity contribution in [3.63, 3.8) is 0 Å². The molecule has 0 unspecified atom stereocenters. The van der Waals surface area contributed by atoms with E-state index >= 15 is 0 Å². The molecule has 126 valence electrons. The molecule has 2 heterocycles. The standard InChI is InChI=1S/C19H20FNO3/c1-2-8-21-9-7-18-15-11-3-4-12(20)16(15)24-17(18)13(22)5-6-19(18,23)14(21)10-11/h2-4,14,17,23H,1,5-10H2/t14-,17+,18+,19-/m1/s1/i20-1. The molecule has 4 nitrogen and oxygen atoms in total. The number of likely N-dealkylation sites (tertiary alicyclic amines) is 1. The van der Waals surface area contributed by atoms with Crippen LogP contribution in [0.5, 0.6) is 5.75 Å². The van der Waals surface area contributed by atoms with Crippen LogP contribution in [0.15, 0.2) is 24.8 Å². The number of Topliss-reactive ketones (excluding diaryl/α,β-unsaturated/α-hetero) is 1. The normalized spacial score (nSPS) is 39.3. The Morgan fingerprint density at radius 2 is 2.29 bits per heavy atom. The van der Waals surface area contributed by atoms with Crippen LogP contribution in [0, 0.1) is 5.82 Å². The lowest BCUT2D eigenvalue weighted by atomic mass is 9.49. The molecule has 1 N–H and O–H groups in total. The lowest BCUT2D eigenvalue weighted by Crippen LogP contribution is -2.76. The van der Waals surface area contributed by atoms with Gasteiger partial charge in [0.2, 0.25) is 0 Å². The molecular weight excluding hydrogens is 308 g/mol. The highest BCUT2D eigenvalue weighted by molar-refractivity contribution is 5.89. The highest BCUT2D eigenvalue weighted by Gasteiger charge is 2.72. The molecule has 1 saturated carbocycles. The number of benzene rings is 1. The number of rotatable bonds is 2. The van der Waals surface area contributed by atoms with Gasteiger partial charge < -0.3 is 9.84 Å². The molecule has 2 aliphatic heterocycles. The first kappa shape index (κ1) is 14.6. The van der Waals surface area contributed by atoms with E-state index in [-0.39, 0.29) is 24.0 Å². The number of nitrogens with zero attached hydrogens (tertiary/aromatic N) is 1. The van der Waals surface area contributed by atoms with Crippen molar-refractivity contribution in [1.82, 2.24) is 4.90 Å². The Hall–Kier alpha value is -1.72. The number of hydrogen-bond donors (Lipinski definition) is 1. The highest BCUT2D eigenvalue weighted by Crippen LogP contribution is 2.63. The van der Waals surface area contributed by atoms with Crippen molar-refractivity contribution >= 4 is 5.78 Å². The van der Waals surface area contributed by atoms with Gasteiger partial charge >= 0.3 is 0 Å². The molecule has 5 heteroatoms. The van der Waals surface area contributed by atoms with Crippen molar-refractivity contribution in [3.05, 3.63) is 41.7 Å². The van der Waals surface area contributed by atoms with E-state index in [4.69, 9.17) is 4.74 Å². The molecule has 1 spiro atoms. The predicted octanol–water partition coefficient (Wildman–Crippen LogP) is 1.73. The first-order valence-corrected chi connectivity index (χ1v) is 8.61. The van der Waals surface area contributed by atoms with Crippen molar-refractivity contribution in [2.24, 2.45) is 0 Å². The summed E-state index contributed by atoms with van der Waals surface area (Å²) in [5, 5.41) is 11.8. The van der Waals surface area contributed by atoms with Gasteiger partial charge in [-0.05, 0) is 30.9 Å². The number of aliphatic hydroxyl groups is 1. The molecule has 0 radical (unpaired) electrons. The maximum atomic E-state index is 14.4. The SMILES string of the molecule is C=CCN1CC[C@]23c4c5ccc([18F])c4O[C@H]2C(=O)CC[C@@]3(O)[C@H]1C5. The fourth-order valence-corrected chi connectivity index (χ4v) is 5.78. The van der Waals surface area contributed by atoms with Gasteiger partial charge in [-0.1, -0.05) is 12.1 Å². The first-order chi connectivity index (χ1) is 11.5. The van der Waals surface area contributed by atoms with Gasteiger partial charge in [-0.25, -0.2) is 4.39 Å². The van der Waals surface area contributed by atoms with Gasteiger partial charge in [-0.2, -0.15) is 0 Å². The van der Waals surface area contributed by atoms with Crippen LogP contribution < -0.4 is 4.74 Å². The summed E-state index contributed by atoms with van der Waals surface area (Å²) in [6, 6.07) is 3.13. The summed E-state index contributed by atoms with van der Waals surface area (Å²) in [6.07, 6.45) is 3.05. The predicted molar refractivity (Wildman–Crippen MR) is 85.6 cm³/mol. The molecule has 1 aromatic rings. The quantitative estimate of drug-likeness (QED) is 0.840. The molecule has 0 amide bonds. The molecule has 0 aromatic heterocycles. The average Bonchev–Trinajstić information content (AvgIpc) is 2.91. The van der Waals surface area contributed by atoms with Crippen LogP contribution in [-0.4, -0.2) is 46.6 Å².